The van der Waals surface area contributed by atoms with Gasteiger partial charge in [0.2, 0.25) is 5.78 Å². The maximum Gasteiger partial charge on any atom is 0.329 e. The van der Waals surface area contributed by atoms with Gasteiger partial charge in [0.25, 0.3) is 5.56 Å². The first-order valence-electron chi connectivity index (χ1n) is 9.01. The Kier molecular flexibility index (Phi) is 4.07. The van der Waals surface area contributed by atoms with Crippen LogP contribution in [0, 0.1) is 5.82 Å². The SMILES string of the molecule is Cn1c(=O)[nH]c(=O)c2c1n1c(-c3ccc(Cl)cc3)nnc1n2Cc1ccccc1F. The van der Waals surface area contributed by atoms with Gasteiger partial charge < -0.3 is 0 Å². The summed E-state index contributed by atoms with van der Waals surface area (Å²) in [4.78, 5) is 27.3. The minimum atomic E-state index is -0.586. The molecule has 0 bridgehead atoms. The number of imidazole rings is 1. The van der Waals surface area contributed by atoms with E-state index in [0.29, 0.717) is 33.4 Å². The van der Waals surface area contributed by atoms with Gasteiger partial charge in [0, 0.05) is 23.2 Å². The second-order valence-electron chi connectivity index (χ2n) is 6.83. The van der Waals surface area contributed by atoms with Gasteiger partial charge in [-0.3, -0.25) is 18.9 Å². The predicted molar refractivity (Wildman–Crippen MR) is 110 cm³/mol. The monoisotopic (exact) mass is 424 g/mol. The van der Waals surface area contributed by atoms with E-state index >= 15 is 0 Å². The van der Waals surface area contributed by atoms with E-state index in [-0.39, 0.29) is 12.1 Å². The van der Waals surface area contributed by atoms with E-state index in [2.05, 4.69) is 15.2 Å². The molecular formula is C20H14ClFN6O2. The number of halogens is 2. The van der Waals surface area contributed by atoms with Crippen LogP contribution in [0.4, 0.5) is 4.39 Å². The maximum atomic E-state index is 14.3. The van der Waals surface area contributed by atoms with Crippen LogP contribution in [0.3, 0.4) is 0 Å². The number of rotatable bonds is 3. The lowest BCUT2D eigenvalue weighted by molar-refractivity contribution is 0.602. The number of H-pyrrole nitrogens is 1. The van der Waals surface area contributed by atoms with Crippen LogP contribution >= 0.6 is 11.6 Å². The van der Waals surface area contributed by atoms with Crippen molar-refractivity contribution in [2.24, 2.45) is 7.05 Å². The Hall–Kier alpha value is -3.72. The molecule has 0 atom stereocenters. The van der Waals surface area contributed by atoms with Crippen LogP contribution in [0.1, 0.15) is 5.56 Å². The van der Waals surface area contributed by atoms with Gasteiger partial charge in [0.15, 0.2) is 17.0 Å². The zero-order chi connectivity index (χ0) is 21.0. The molecule has 0 aliphatic rings. The van der Waals surface area contributed by atoms with Crippen LogP contribution in [0.5, 0.6) is 0 Å². The third-order valence-corrected chi connectivity index (χ3v) is 5.28. The second-order valence-corrected chi connectivity index (χ2v) is 7.27. The third-order valence-electron chi connectivity index (χ3n) is 5.03. The average molecular weight is 425 g/mol. The summed E-state index contributed by atoms with van der Waals surface area (Å²) in [6.45, 7) is 0.0414. The predicted octanol–water partition coefficient (Wildman–Crippen LogP) is 2.58. The highest BCUT2D eigenvalue weighted by molar-refractivity contribution is 6.30. The highest BCUT2D eigenvalue weighted by Gasteiger charge is 2.23. The molecule has 150 valence electrons. The normalized spacial score (nSPS) is 11.6. The highest BCUT2D eigenvalue weighted by atomic mass is 35.5. The zero-order valence-electron chi connectivity index (χ0n) is 15.6. The van der Waals surface area contributed by atoms with Crippen LogP contribution in [-0.4, -0.2) is 28.7 Å². The maximum absolute atomic E-state index is 14.3. The third kappa shape index (κ3) is 2.66. The molecule has 10 heteroatoms. The average Bonchev–Trinajstić information content (AvgIpc) is 3.28. The van der Waals surface area contributed by atoms with E-state index in [4.69, 9.17) is 11.6 Å². The molecule has 0 saturated carbocycles. The molecular weight excluding hydrogens is 411 g/mol. The Labute approximate surface area is 172 Å². The number of nitrogens with zero attached hydrogens (tertiary/aromatic N) is 5. The van der Waals surface area contributed by atoms with E-state index in [0.717, 1.165) is 0 Å². The lowest BCUT2D eigenvalue weighted by atomic mass is 10.2. The molecule has 0 fully saturated rings. The summed E-state index contributed by atoms with van der Waals surface area (Å²) < 4.78 is 18.8. The van der Waals surface area contributed by atoms with Gasteiger partial charge >= 0.3 is 5.69 Å². The van der Waals surface area contributed by atoms with Gasteiger partial charge in [-0.2, -0.15) is 0 Å². The molecule has 3 aromatic heterocycles. The Morgan fingerprint density at radius 2 is 1.80 bits per heavy atom. The van der Waals surface area contributed by atoms with Gasteiger partial charge in [-0.05, 0) is 30.3 Å². The molecule has 0 aliphatic heterocycles. The van der Waals surface area contributed by atoms with Crippen LogP contribution in [-0.2, 0) is 13.6 Å². The van der Waals surface area contributed by atoms with Gasteiger partial charge in [-0.1, -0.05) is 29.8 Å². The Morgan fingerprint density at radius 3 is 2.53 bits per heavy atom. The molecule has 1 N–H and O–H groups in total. The van der Waals surface area contributed by atoms with Crippen molar-refractivity contribution in [1.82, 2.24) is 28.7 Å². The van der Waals surface area contributed by atoms with Crippen molar-refractivity contribution >= 4 is 28.5 Å². The topological polar surface area (TPSA) is 90.0 Å². The number of hydrogen-bond acceptors (Lipinski definition) is 4. The lowest BCUT2D eigenvalue weighted by Gasteiger charge is -2.06. The molecule has 0 unspecified atom stereocenters. The Bertz CT molecular complexity index is 1540. The molecule has 0 aliphatic carbocycles. The van der Waals surface area contributed by atoms with E-state index < -0.39 is 17.1 Å². The Morgan fingerprint density at radius 1 is 1.07 bits per heavy atom. The molecule has 3 heterocycles. The number of nitrogens with one attached hydrogen (secondary N) is 1. The number of aromatic nitrogens is 6. The molecule has 0 radical (unpaired) electrons. The van der Waals surface area contributed by atoms with Gasteiger partial charge in [0.05, 0.1) is 6.54 Å². The van der Waals surface area contributed by atoms with Crippen LogP contribution in [0.2, 0.25) is 5.02 Å². The fraction of sp³-hybridized carbons (Fsp3) is 0.100. The number of aromatic amines is 1. The summed E-state index contributed by atoms with van der Waals surface area (Å²) in [6.07, 6.45) is 0. The van der Waals surface area contributed by atoms with Crippen molar-refractivity contribution in [3.05, 3.63) is 85.8 Å². The first kappa shape index (κ1) is 18.3. The van der Waals surface area contributed by atoms with Crippen LogP contribution < -0.4 is 11.2 Å². The lowest BCUT2D eigenvalue weighted by Crippen LogP contribution is -2.29. The minimum absolute atomic E-state index is 0.0414. The molecule has 5 aromatic rings. The zero-order valence-corrected chi connectivity index (χ0v) is 16.4. The van der Waals surface area contributed by atoms with Crippen molar-refractivity contribution in [1.29, 1.82) is 0 Å². The van der Waals surface area contributed by atoms with E-state index in [1.54, 1.807) is 58.5 Å². The highest BCUT2D eigenvalue weighted by Crippen LogP contribution is 2.26. The Balaban J connectivity index is 1.89. The largest absolute Gasteiger partial charge is 0.329 e. The summed E-state index contributed by atoms with van der Waals surface area (Å²) in [5.41, 5.74) is 0.418. The minimum Gasteiger partial charge on any atom is -0.298 e. The van der Waals surface area contributed by atoms with Gasteiger partial charge in [-0.25, -0.2) is 13.6 Å². The fourth-order valence-electron chi connectivity index (χ4n) is 3.57. The number of aryl methyl sites for hydroxylation is 1. The summed E-state index contributed by atoms with van der Waals surface area (Å²) in [5.74, 6) is 0.334. The van der Waals surface area contributed by atoms with Crippen molar-refractivity contribution in [2.45, 2.75) is 6.54 Å². The summed E-state index contributed by atoms with van der Waals surface area (Å²) >= 11 is 5.99. The molecule has 5 rings (SSSR count). The fourth-order valence-corrected chi connectivity index (χ4v) is 3.70. The summed E-state index contributed by atoms with van der Waals surface area (Å²) in [5, 5.41) is 9.06. The number of hydrogen-bond donors (Lipinski definition) is 1. The van der Waals surface area contributed by atoms with Crippen LogP contribution in [0.25, 0.3) is 28.3 Å². The number of fused-ring (bicyclic) bond motifs is 3. The van der Waals surface area contributed by atoms with E-state index in [1.165, 1.54) is 10.6 Å². The van der Waals surface area contributed by atoms with E-state index in [9.17, 15) is 14.0 Å². The van der Waals surface area contributed by atoms with Crippen molar-refractivity contribution < 1.29 is 4.39 Å². The first-order chi connectivity index (χ1) is 14.5. The quantitative estimate of drug-likeness (QED) is 0.482. The summed E-state index contributed by atoms with van der Waals surface area (Å²) in [6, 6.07) is 13.2. The van der Waals surface area contributed by atoms with Crippen molar-refractivity contribution in [2.75, 3.05) is 0 Å². The smallest absolute Gasteiger partial charge is 0.298 e. The van der Waals surface area contributed by atoms with Crippen molar-refractivity contribution in [3.63, 3.8) is 0 Å². The molecule has 0 saturated heterocycles. The van der Waals surface area contributed by atoms with E-state index in [1.807, 2.05) is 0 Å². The summed E-state index contributed by atoms with van der Waals surface area (Å²) in [7, 11) is 1.54. The van der Waals surface area contributed by atoms with Gasteiger partial charge in [-0.15, -0.1) is 10.2 Å². The molecule has 2 aromatic carbocycles. The van der Waals surface area contributed by atoms with Gasteiger partial charge in [0.1, 0.15) is 5.82 Å². The van der Waals surface area contributed by atoms with Crippen molar-refractivity contribution in [3.8, 4) is 11.4 Å². The molecule has 0 amide bonds. The first-order valence-corrected chi connectivity index (χ1v) is 9.39. The molecule has 0 spiro atoms. The standard InChI is InChI=1S/C20H14ClFN6O2/c1-26-18-15(17(29)23-20(26)30)27(10-12-4-2-3-5-14(12)22)19-25-24-16(28(18)19)11-6-8-13(21)9-7-11/h2-9H,10H2,1H3,(H,23,29,30). The molecule has 30 heavy (non-hydrogen) atoms. The second kappa shape index (κ2) is 6.67. The molecule has 8 nitrogen and oxygen atoms in total. The number of benzene rings is 2. The van der Waals surface area contributed by atoms with Crippen LogP contribution in [0.15, 0.2) is 58.1 Å².